The lowest BCUT2D eigenvalue weighted by atomic mass is 9.94. The van der Waals surface area contributed by atoms with Crippen molar-refractivity contribution in [1.82, 2.24) is 20.3 Å². The van der Waals surface area contributed by atoms with Gasteiger partial charge in [0.2, 0.25) is 5.76 Å². The van der Waals surface area contributed by atoms with E-state index in [-0.39, 0.29) is 5.91 Å². The van der Waals surface area contributed by atoms with Crippen molar-refractivity contribution in [3.05, 3.63) is 35.0 Å². The number of hydrogen-bond donors (Lipinski definition) is 1. The van der Waals surface area contributed by atoms with E-state index in [1.807, 2.05) is 18.7 Å². The van der Waals surface area contributed by atoms with Crippen LogP contribution in [0.25, 0.3) is 0 Å². The molecule has 1 saturated heterocycles. The van der Waals surface area contributed by atoms with Gasteiger partial charge in [-0.3, -0.25) is 9.89 Å². The van der Waals surface area contributed by atoms with E-state index in [0.717, 1.165) is 36.5 Å². The maximum Gasteiger partial charge on any atom is 0.292 e. The second-order valence-electron chi connectivity index (χ2n) is 5.40. The van der Waals surface area contributed by atoms with Crippen molar-refractivity contribution in [1.29, 1.82) is 0 Å². The second kappa shape index (κ2) is 5.11. The maximum atomic E-state index is 12.4. The van der Waals surface area contributed by atoms with Crippen LogP contribution in [0.2, 0.25) is 0 Å². The minimum absolute atomic E-state index is 0.0810. The molecule has 3 heterocycles. The molecule has 0 unspecified atom stereocenters. The van der Waals surface area contributed by atoms with Gasteiger partial charge in [0.25, 0.3) is 5.91 Å². The highest BCUT2D eigenvalue weighted by atomic mass is 16.5. The molecule has 0 bridgehead atoms. The number of hydrogen-bond acceptors (Lipinski definition) is 4. The molecule has 1 aliphatic rings. The van der Waals surface area contributed by atoms with Crippen LogP contribution < -0.4 is 0 Å². The van der Waals surface area contributed by atoms with E-state index >= 15 is 0 Å². The molecule has 6 heteroatoms. The van der Waals surface area contributed by atoms with Crippen LogP contribution in [0.5, 0.6) is 0 Å². The predicted octanol–water partition coefficient (Wildman–Crippen LogP) is 2.03. The van der Waals surface area contributed by atoms with E-state index in [2.05, 4.69) is 21.4 Å². The Balaban J connectivity index is 1.73. The van der Waals surface area contributed by atoms with Crippen molar-refractivity contribution in [2.45, 2.75) is 32.6 Å². The molecule has 1 N–H and O–H groups in total. The Labute approximate surface area is 117 Å². The van der Waals surface area contributed by atoms with Gasteiger partial charge in [0, 0.05) is 30.8 Å². The van der Waals surface area contributed by atoms with Crippen LogP contribution in [0.3, 0.4) is 0 Å². The molecule has 6 nitrogen and oxygen atoms in total. The van der Waals surface area contributed by atoms with Crippen molar-refractivity contribution in [3.63, 3.8) is 0 Å². The Morgan fingerprint density at radius 2 is 2.30 bits per heavy atom. The number of aryl methyl sites for hydroxylation is 2. The Morgan fingerprint density at radius 1 is 1.45 bits per heavy atom. The quantitative estimate of drug-likeness (QED) is 0.909. The highest BCUT2D eigenvalue weighted by molar-refractivity contribution is 5.91. The fourth-order valence-corrected chi connectivity index (χ4v) is 2.67. The summed E-state index contributed by atoms with van der Waals surface area (Å²) in [5.41, 5.74) is 2.81. The van der Waals surface area contributed by atoms with E-state index in [4.69, 9.17) is 4.52 Å². The molecule has 1 aliphatic heterocycles. The van der Waals surface area contributed by atoms with Gasteiger partial charge in [0.1, 0.15) is 0 Å². The molecule has 0 spiro atoms. The Hall–Kier alpha value is -2.11. The van der Waals surface area contributed by atoms with Gasteiger partial charge in [0.15, 0.2) is 0 Å². The van der Waals surface area contributed by atoms with Gasteiger partial charge in [-0.15, -0.1) is 0 Å². The molecule has 1 fully saturated rings. The number of nitrogens with zero attached hydrogens (tertiary/aromatic N) is 3. The van der Waals surface area contributed by atoms with Gasteiger partial charge in [-0.25, -0.2) is 0 Å². The fourth-order valence-electron chi connectivity index (χ4n) is 2.67. The number of aromatic nitrogens is 3. The lowest BCUT2D eigenvalue weighted by Crippen LogP contribution is -2.39. The highest BCUT2D eigenvalue weighted by Gasteiger charge is 2.28. The minimum atomic E-state index is -0.0810. The summed E-state index contributed by atoms with van der Waals surface area (Å²) in [4.78, 5) is 14.2. The molecule has 2 aromatic heterocycles. The first-order chi connectivity index (χ1) is 9.63. The third-order valence-electron chi connectivity index (χ3n) is 3.69. The molecule has 1 atom stereocenters. The first kappa shape index (κ1) is 12.9. The molecule has 106 valence electrons. The van der Waals surface area contributed by atoms with Gasteiger partial charge in [-0.05, 0) is 32.8 Å². The van der Waals surface area contributed by atoms with Crippen LogP contribution in [-0.4, -0.2) is 39.3 Å². The van der Waals surface area contributed by atoms with E-state index in [1.165, 1.54) is 0 Å². The minimum Gasteiger partial charge on any atom is -0.351 e. The second-order valence-corrected chi connectivity index (χ2v) is 5.40. The van der Waals surface area contributed by atoms with Crippen LogP contribution in [0.1, 0.15) is 46.4 Å². The molecule has 2 aromatic rings. The number of amides is 1. The fraction of sp³-hybridized carbons (Fsp3) is 0.500. The molecular formula is C14H18N4O2. The first-order valence-electron chi connectivity index (χ1n) is 6.88. The van der Waals surface area contributed by atoms with Gasteiger partial charge < -0.3 is 9.42 Å². The summed E-state index contributed by atoms with van der Waals surface area (Å²) < 4.78 is 5.06. The standard InChI is InChI=1S/C14H18N4O2/c1-9-6-12(16-15-9)11-4-3-5-18(8-11)14(19)13-7-10(2)17-20-13/h6-7,11H,3-5,8H2,1-2H3,(H,15,16)/t11-/m1/s1. The number of nitrogens with one attached hydrogen (secondary N) is 1. The zero-order valence-electron chi connectivity index (χ0n) is 11.7. The van der Waals surface area contributed by atoms with Crippen LogP contribution in [-0.2, 0) is 0 Å². The Morgan fingerprint density at radius 3 is 2.95 bits per heavy atom. The van der Waals surface area contributed by atoms with Crippen LogP contribution in [0.4, 0.5) is 0 Å². The van der Waals surface area contributed by atoms with Crippen LogP contribution >= 0.6 is 0 Å². The molecule has 0 saturated carbocycles. The summed E-state index contributed by atoms with van der Waals surface area (Å²) in [6, 6.07) is 3.74. The molecule has 3 rings (SSSR count). The first-order valence-corrected chi connectivity index (χ1v) is 6.88. The van der Waals surface area contributed by atoms with E-state index in [1.54, 1.807) is 6.07 Å². The monoisotopic (exact) mass is 274 g/mol. The number of carbonyl (C=O) groups excluding carboxylic acids is 1. The largest absolute Gasteiger partial charge is 0.351 e. The average molecular weight is 274 g/mol. The third-order valence-corrected chi connectivity index (χ3v) is 3.69. The average Bonchev–Trinajstić information content (AvgIpc) is 3.07. The van der Waals surface area contributed by atoms with Crippen LogP contribution in [0.15, 0.2) is 16.7 Å². The smallest absolute Gasteiger partial charge is 0.292 e. The number of rotatable bonds is 2. The zero-order chi connectivity index (χ0) is 14.1. The van der Waals surface area contributed by atoms with Crippen molar-refractivity contribution in [2.75, 3.05) is 13.1 Å². The lowest BCUT2D eigenvalue weighted by molar-refractivity contribution is 0.0664. The molecule has 0 aliphatic carbocycles. The molecule has 1 amide bonds. The van der Waals surface area contributed by atoms with Crippen molar-refractivity contribution in [2.24, 2.45) is 0 Å². The summed E-state index contributed by atoms with van der Waals surface area (Å²) in [5.74, 6) is 0.533. The molecular weight excluding hydrogens is 256 g/mol. The van der Waals surface area contributed by atoms with Gasteiger partial charge in [0.05, 0.1) is 11.4 Å². The molecule has 0 radical (unpaired) electrons. The van der Waals surface area contributed by atoms with Crippen molar-refractivity contribution >= 4 is 5.91 Å². The Bertz CT molecular complexity index is 616. The van der Waals surface area contributed by atoms with Gasteiger partial charge in [-0.2, -0.15) is 5.10 Å². The molecule has 20 heavy (non-hydrogen) atoms. The number of piperidine rings is 1. The summed E-state index contributed by atoms with van der Waals surface area (Å²) in [5, 5.41) is 11.0. The maximum absolute atomic E-state index is 12.4. The van der Waals surface area contributed by atoms with Crippen LogP contribution in [0, 0.1) is 13.8 Å². The summed E-state index contributed by atoms with van der Waals surface area (Å²) in [6.45, 7) is 5.24. The van der Waals surface area contributed by atoms with Gasteiger partial charge >= 0.3 is 0 Å². The normalized spacial score (nSPS) is 19.3. The molecule has 0 aromatic carbocycles. The SMILES string of the molecule is Cc1cc(C(=O)N2CCC[C@@H](c3cc(C)[nH]n3)C2)on1. The number of likely N-dealkylation sites (tertiary alicyclic amines) is 1. The number of aromatic amines is 1. The lowest BCUT2D eigenvalue weighted by Gasteiger charge is -2.31. The Kier molecular flexibility index (Phi) is 3.30. The van der Waals surface area contributed by atoms with Crippen molar-refractivity contribution < 1.29 is 9.32 Å². The summed E-state index contributed by atoms with van der Waals surface area (Å²) >= 11 is 0. The predicted molar refractivity (Wildman–Crippen MR) is 72.4 cm³/mol. The van der Waals surface area contributed by atoms with E-state index in [0.29, 0.717) is 18.2 Å². The number of H-pyrrole nitrogens is 1. The summed E-state index contributed by atoms with van der Waals surface area (Å²) in [7, 11) is 0. The summed E-state index contributed by atoms with van der Waals surface area (Å²) in [6.07, 6.45) is 2.04. The third kappa shape index (κ3) is 2.45. The van der Waals surface area contributed by atoms with E-state index in [9.17, 15) is 4.79 Å². The highest BCUT2D eigenvalue weighted by Crippen LogP contribution is 2.26. The van der Waals surface area contributed by atoms with Crippen molar-refractivity contribution in [3.8, 4) is 0 Å². The zero-order valence-corrected chi connectivity index (χ0v) is 11.7. The van der Waals surface area contributed by atoms with E-state index < -0.39 is 0 Å². The topological polar surface area (TPSA) is 75.0 Å². The van der Waals surface area contributed by atoms with Gasteiger partial charge in [-0.1, -0.05) is 5.16 Å². The number of carbonyl (C=O) groups is 1.